The summed E-state index contributed by atoms with van der Waals surface area (Å²) in [5.74, 6) is 0. The lowest BCUT2D eigenvalue weighted by atomic mass is 9.96. The molecule has 2 unspecified atom stereocenters. The molecule has 0 aromatic rings. The molecule has 13 heavy (non-hydrogen) atoms. The zero-order chi connectivity index (χ0) is 9.68. The van der Waals surface area contributed by atoms with E-state index in [9.17, 15) is 0 Å². The maximum Gasteiger partial charge on any atom is 0.0675 e. The smallest absolute Gasteiger partial charge is 0.0675 e. The summed E-state index contributed by atoms with van der Waals surface area (Å²) in [4.78, 5) is 0. The van der Waals surface area contributed by atoms with E-state index in [2.05, 4.69) is 26.1 Å². The van der Waals surface area contributed by atoms with Gasteiger partial charge in [-0.05, 0) is 39.5 Å². The van der Waals surface area contributed by atoms with Crippen LogP contribution in [0.2, 0.25) is 0 Å². The van der Waals surface area contributed by atoms with Gasteiger partial charge in [-0.2, -0.15) is 0 Å². The zero-order valence-electron chi connectivity index (χ0n) is 9.18. The Morgan fingerprint density at radius 3 is 2.54 bits per heavy atom. The summed E-state index contributed by atoms with van der Waals surface area (Å²) in [5, 5.41) is 3.46. The van der Waals surface area contributed by atoms with E-state index in [1.807, 2.05) is 0 Å². The number of hydrogen-bond donors (Lipinski definition) is 1. The molecule has 2 nitrogen and oxygen atoms in total. The second kappa shape index (κ2) is 5.61. The minimum Gasteiger partial charge on any atom is -0.374 e. The van der Waals surface area contributed by atoms with Gasteiger partial charge < -0.3 is 10.1 Å². The van der Waals surface area contributed by atoms with E-state index in [1.165, 1.54) is 25.7 Å². The normalized spacial score (nSPS) is 22.4. The molecule has 0 aromatic carbocycles. The van der Waals surface area contributed by atoms with Crippen LogP contribution in [0.1, 0.15) is 46.5 Å². The molecule has 0 aliphatic heterocycles. The Balaban J connectivity index is 1.99. The third kappa shape index (κ3) is 4.10. The van der Waals surface area contributed by atoms with Gasteiger partial charge in [-0.3, -0.25) is 0 Å². The fraction of sp³-hybridized carbons (Fsp3) is 1.00. The van der Waals surface area contributed by atoms with Crippen molar-refractivity contribution >= 4 is 0 Å². The van der Waals surface area contributed by atoms with Crippen LogP contribution in [0.4, 0.5) is 0 Å². The molecule has 0 spiro atoms. The van der Waals surface area contributed by atoms with E-state index in [4.69, 9.17) is 4.74 Å². The first kappa shape index (κ1) is 11.0. The van der Waals surface area contributed by atoms with Gasteiger partial charge in [0.25, 0.3) is 0 Å². The summed E-state index contributed by atoms with van der Waals surface area (Å²) in [6, 6.07) is 0.618. The van der Waals surface area contributed by atoms with E-state index < -0.39 is 0 Å². The highest BCUT2D eigenvalue weighted by Crippen LogP contribution is 2.22. The average molecular weight is 185 g/mol. The summed E-state index contributed by atoms with van der Waals surface area (Å²) in [5.41, 5.74) is 0. The first-order valence-corrected chi connectivity index (χ1v) is 5.61. The van der Waals surface area contributed by atoms with Gasteiger partial charge in [-0.1, -0.05) is 6.92 Å². The number of hydrogen-bond acceptors (Lipinski definition) is 2. The lowest BCUT2D eigenvalue weighted by Crippen LogP contribution is -2.36. The molecule has 0 bridgehead atoms. The molecule has 1 saturated carbocycles. The van der Waals surface area contributed by atoms with Crippen molar-refractivity contribution in [2.45, 2.75) is 64.7 Å². The molecule has 0 heterocycles. The van der Waals surface area contributed by atoms with Crippen molar-refractivity contribution in [3.05, 3.63) is 0 Å². The fourth-order valence-electron chi connectivity index (χ4n) is 1.40. The Morgan fingerprint density at radius 1 is 1.38 bits per heavy atom. The zero-order valence-corrected chi connectivity index (χ0v) is 9.18. The van der Waals surface area contributed by atoms with Crippen LogP contribution in [0, 0.1) is 0 Å². The monoisotopic (exact) mass is 185 g/mol. The van der Waals surface area contributed by atoms with Crippen LogP contribution in [-0.4, -0.2) is 24.8 Å². The van der Waals surface area contributed by atoms with Crippen molar-refractivity contribution in [3.63, 3.8) is 0 Å². The highest BCUT2D eigenvalue weighted by molar-refractivity contribution is 4.72. The van der Waals surface area contributed by atoms with E-state index in [1.54, 1.807) is 0 Å². The fourth-order valence-corrected chi connectivity index (χ4v) is 1.40. The Bertz CT molecular complexity index is 134. The number of nitrogens with one attached hydrogen (secondary N) is 1. The predicted molar refractivity (Wildman–Crippen MR) is 55.9 cm³/mol. The van der Waals surface area contributed by atoms with Crippen molar-refractivity contribution in [1.29, 1.82) is 0 Å². The lowest BCUT2D eigenvalue weighted by Gasteiger charge is -2.29. The third-order valence-corrected chi connectivity index (χ3v) is 2.84. The summed E-state index contributed by atoms with van der Waals surface area (Å²) in [6.45, 7) is 7.57. The lowest BCUT2D eigenvalue weighted by molar-refractivity contribution is -0.0425. The molecule has 0 radical (unpaired) electrons. The standard InChI is InChI=1S/C11H23NO/c1-4-9(2)12-8-10(3)13-11-6-5-7-11/h9-12H,4-8H2,1-3H3. The molecule has 1 aliphatic carbocycles. The summed E-state index contributed by atoms with van der Waals surface area (Å²) in [6.07, 6.45) is 6.03. The summed E-state index contributed by atoms with van der Waals surface area (Å²) < 4.78 is 5.82. The molecule has 78 valence electrons. The highest BCUT2D eigenvalue weighted by Gasteiger charge is 2.20. The molecule has 1 rings (SSSR count). The van der Waals surface area contributed by atoms with E-state index >= 15 is 0 Å². The molecular weight excluding hydrogens is 162 g/mol. The van der Waals surface area contributed by atoms with Gasteiger partial charge >= 0.3 is 0 Å². The Hall–Kier alpha value is -0.0800. The van der Waals surface area contributed by atoms with Gasteiger partial charge in [0, 0.05) is 12.6 Å². The van der Waals surface area contributed by atoms with Crippen LogP contribution < -0.4 is 5.32 Å². The quantitative estimate of drug-likeness (QED) is 0.685. The van der Waals surface area contributed by atoms with Crippen molar-refractivity contribution in [2.24, 2.45) is 0 Å². The van der Waals surface area contributed by atoms with Crippen LogP contribution in [-0.2, 0) is 4.74 Å². The van der Waals surface area contributed by atoms with Gasteiger partial charge in [0.15, 0.2) is 0 Å². The maximum atomic E-state index is 5.82. The highest BCUT2D eigenvalue weighted by atomic mass is 16.5. The molecule has 1 aliphatic rings. The first-order chi connectivity index (χ1) is 6.22. The predicted octanol–water partition coefficient (Wildman–Crippen LogP) is 2.33. The minimum atomic E-state index is 0.374. The molecule has 2 heteroatoms. The first-order valence-electron chi connectivity index (χ1n) is 5.61. The van der Waals surface area contributed by atoms with Gasteiger partial charge in [-0.15, -0.1) is 0 Å². The SMILES string of the molecule is CCC(C)NCC(C)OC1CCC1. The molecule has 1 N–H and O–H groups in total. The minimum absolute atomic E-state index is 0.374. The molecular formula is C11H23NO. The van der Waals surface area contributed by atoms with Crippen molar-refractivity contribution < 1.29 is 4.74 Å². The topological polar surface area (TPSA) is 21.3 Å². The number of rotatable bonds is 6. The summed E-state index contributed by atoms with van der Waals surface area (Å²) in [7, 11) is 0. The average Bonchev–Trinajstić information content (AvgIpc) is 2.07. The molecule has 0 aromatic heterocycles. The Morgan fingerprint density at radius 2 is 2.08 bits per heavy atom. The number of ether oxygens (including phenoxy) is 1. The Labute approximate surface area is 82.0 Å². The van der Waals surface area contributed by atoms with Crippen LogP contribution in [0.15, 0.2) is 0 Å². The van der Waals surface area contributed by atoms with Crippen molar-refractivity contribution in [3.8, 4) is 0 Å². The van der Waals surface area contributed by atoms with Gasteiger partial charge in [0.1, 0.15) is 0 Å². The second-order valence-corrected chi connectivity index (χ2v) is 4.22. The summed E-state index contributed by atoms with van der Waals surface area (Å²) >= 11 is 0. The molecule has 0 saturated heterocycles. The molecule has 1 fully saturated rings. The van der Waals surface area contributed by atoms with Gasteiger partial charge in [0.05, 0.1) is 12.2 Å². The van der Waals surface area contributed by atoms with E-state index in [-0.39, 0.29) is 0 Å². The van der Waals surface area contributed by atoms with Gasteiger partial charge in [-0.25, -0.2) is 0 Å². The molecule has 0 amide bonds. The molecule has 2 atom stereocenters. The van der Waals surface area contributed by atoms with Crippen LogP contribution >= 0.6 is 0 Å². The second-order valence-electron chi connectivity index (χ2n) is 4.22. The van der Waals surface area contributed by atoms with Crippen LogP contribution in [0.25, 0.3) is 0 Å². The van der Waals surface area contributed by atoms with E-state index in [0.717, 1.165) is 6.54 Å². The van der Waals surface area contributed by atoms with Crippen LogP contribution in [0.5, 0.6) is 0 Å². The van der Waals surface area contributed by atoms with Crippen LogP contribution in [0.3, 0.4) is 0 Å². The maximum absolute atomic E-state index is 5.82. The Kier molecular flexibility index (Phi) is 4.74. The third-order valence-electron chi connectivity index (χ3n) is 2.84. The largest absolute Gasteiger partial charge is 0.374 e. The van der Waals surface area contributed by atoms with E-state index in [0.29, 0.717) is 18.2 Å². The van der Waals surface area contributed by atoms with Crippen molar-refractivity contribution in [1.82, 2.24) is 5.32 Å². The van der Waals surface area contributed by atoms with Gasteiger partial charge in [0.2, 0.25) is 0 Å². The van der Waals surface area contributed by atoms with Crippen molar-refractivity contribution in [2.75, 3.05) is 6.54 Å².